The Morgan fingerprint density at radius 2 is 1.74 bits per heavy atom. The lowest BCUT2D eigenvalue weighted by Gasteiger charge is -2.32. The molecule has 0 aliphatic heterocycles. The minimum absolute atomic E-state index is 0.114. The average Bonchev–Trinajstić information content (AvgIpc) is 3.30. The van der Waals surface area contributed by atoms with Gasteiger partial charge in [0.1, 0.15) is 12.6 Å². The third kappa shape index (κ3) is 6.98. The molecule has 2 aromatic rings. The standard InChI is InChI=1S/C26H34ClN3O4S/c1-18-9-5-6-10-21(18)16-29(20(3)26(32)28-22-11-7-8-12-22)25(31)17-30(35(4,33)34)23-14-13-19(2)24(27)15-23/h5-6,9-10,13-15,20,22H,7-8,11-12,16-17H2,1-4H3,(H,28,32). The van der Waals surface area contributed by atoms with Crippen LogP contribution < -0.4 is 9.62 Å². The lowest BCUT2D eigenvalue weighted by Crippen LogP contribution is -2.52. The van der Waals surface area contributed by atoms with E-state index < -0.39 is 28.5 Å². The number of sulfonamides is 1. The molecule has 190 valence electrons. The smallest absolute Gasteiger partial charge is 0.244 e. The third-order valence-corrected chi connectivity index (χ3v) is 8.14. The van der Waals surface area contributed by atoms with Crippen LogP contribution in [-0.2, 0) is 26.2 Å². The molecule has 1 atom stereocenters. The van der Waals surface area contributed by atoms with Gasteiger partial charge in [0.2, 0.25) is 21.8 Å². The number of aryl methyl sites for hydroxylation is 2. The van der Waals surface area contributed by atoms with Crippen molar-refractivity contribution in [3.8, 4) is 0 Å². The SMILES string of the molecule is Cc1ccc(N(CC(=O)N(Cc2ccccc2C)C(C)C(=O)NC2CCCC2)S(C)(=O)=O)cc1Cl. The van der Waals surface area contributed by atoms with E-state index in [2.05, 4.69) is 5.32 Å². The van der Waals surface area contributed by atoms with Crippen molar-refractivity contribution >= 4 is 39.1 Å². The van der Waals surface area contributed by atoms with Gasteiger partial charge in [-0.05, 0) is 62.4 Å². The van der Waals surface area contributed by atoms with E-state index in [1.165, 1.54) is 11.0 Å². The highest BCUT2D eigenvalue weighted by atomic mass is 35.5. The van der Waals surface area contributed by atoms with Crippen molar-refractivity contribution in [2.24, 2.45) is 0 Å². The van der Waals surface area contributed by atoms with Crippen LogP contribution in [-0.4, -0.2) is 50.0 Å². The fraction of sp³-hybridized carbons (Fsp3) is 0.462. The molecule has 0 spiro atoms. The minimum Gasteiger partial charge on any atom is -0.352 e. The van der Waals surface area contributed by atoms with Crippen molar-refractivity contribution < 1.29 is 18.0 Å². The summed E-state index contributed by atoms with van der Waals surface area (Å²) in [5, 5.41) is 3.47. The van der Waals surface area contributed by atoms with Gasteiger partial charge in [-0.2, -0.15) is 0 Å². The first-order chi connectivity index (χ1) is 16.5. The Balaban J connectivity index is 1.90. The summed E-state index contributed by atoms with van der Waals surface area (Å²) in [4.78, 5) is 28.2. The van der Waals surface area contributed by atoms with Crippen LogP contribution in [0.3, 0.4) is 0 Å². The normalized spacial score (nSPS) is 15.0. The highest BCUT2D eigenvalue weighted by molar-refractivity contribution is 7.92. The van der Waals surface area contributed by atoms with Crippen molar-refractivity contribution in [3.05, 3.63) is 64.2 Å². The Bertz CT molecular complexity index is 1180. The van der Waals surface area contributed by atoms with E-state index in [-0.39, 0.29) is 18.5 Å². The van der Waals surface area contributed by atoms with Crippen LogP contribution in [0.2, 0.25) is 5.02 Å². The number of nitrogens with one attached hydrogen (secondary N) is 1. The van der Waals surface area contributed by atoms with E-state index in [1.807, 2.05) is 38.1 Å². The van der Waals surface area contributed by atoms with Gasteiger partial charge in [-0.1, -0.05) is 54.8 Å². The first kappa shape index (κ1) is 27.0. The molecule has 0 saturated heterocycles. The Morgan fingerprint density at radius 3 is 2.34 bits per heavy atom. The number of hydrogen-bond donors (Lipinski definition) is 1. The fourth-order valence-corrected chi connectivity index (χ4v) is 5.31. The number of benzene rings is 2. The molecule has 2 amide bonds. The largest absolute Gasteiger partial charge is 0.352 e. The van der Waals surface area contributed by atoms with Gasteiger partial charge in [-0.25, -0.2) is 8.42 Å². The van der Waals surface area contributed by atoms with Gasteiger partial charge < -0.3 is 10.2 Å². The molecule has 1 N–H and O–H groups in total. The Hall–Kier alpha value is -2.58. The van der Waals surface area contributed by atoms with E-state index in [0.717, 1.165) is 52.9 Å². The molecule has 1 fully saturated rings. The van der Waals surface area contributed by atoms with Crippen molar-refractivity contribution in [2.45, 2.75) is 65.1 Å². The number of halogens is 1. The van der Waals surface area contributed by atoms with Crippen molar-refractivity contribution in [1.29, 1.82) is 0 Å². The number of amides is 2. The monoisotopic (exact) mass is 519 g/mol. The zero-order valence-corrected chi connectivity index (χ0v) is 22.3. The third-order valence-electron chi connectivity index (χ3n) is 6.59. The number of rotatable bonds is 9. The highest BCUT2D eigenvalue weighted by Crippen LogP contribution is 2.26. The van der Waals surface area contributed by atoms with Crippen LogP contribution in [0.25, 0.3) is 0 Å². The number of nitrogens with zero attached hydrogens (tertiary/aromatic N) is 2. The molecule has 0 heterocycles. The maximum absolute atomic E-state index is 13.6. The number of carbonyl (C=O) groups is 2. The second-order valence-electron chi connectivity index (χ2n) is 9.32. The summed E-state index contributed by atoms with van der Waals surface area (Å²) >= 11 is 6.24. The molecule has 1 aliphatic carbocycles. The Morgan fingerprint density at radius 1 is 1.09 bits per heavy atom. The summed E-state index contributed by atoms with van der Waals surface area (Å²) in [5.41, 5.74) is 2.98. The van der Waals surface area contributed by atoms with Crippen LogP contribution in [0.15, 0.2) is 42.5 Å². The van der Waals surface area contributed by atoms with Gasteiger partial charge in [0.05, 0.1) is 11.9 Å². The molecular formula is C26H34ClN3O4S. The maximum atomic E-state index is 13.6. The molecular weight excluding hydrogens is 486 g/mol. The fourth-order valence-electron chi connectivity index (χ4n) is 4.30. The second kappa shape index (κ2) is 11.4. The summed E-state index contributed by atoms with van der Waals surface area (Å²) < 4.78 is 26.4. The number of hydrogen-bond acceptors (Lipinski definition) is 4. The molecule has 1 unspecified atom stereocenters. The van der Waals surface area contributed by atoms with E-state index in [1.54, 1.807) is 19.1 Å². The van der Waals surface area contributed by atoms with Gasteiger partial charge in [0, 0.05) is 17.6 Å². The average molecular weight is 520 g/mol. The van der Waals surface area contributed by atoms with Crippen LogP contribution >= 0.6 is 11.6 Å². The number of carbonyl (C=O) groups excluding carboxylic acids is 2. The predicted molar refractivity (Wildman–Crippen MR) is 140 cm³/mol. The molecule has 0 aromatic heterocycles. The van der Waals surface area contributed by atoms with E-state index in [0.29, 0.717) is 10.7 Å². The minimum atomic E-state index is -3.80. The van der Waals surface area contributed by atoms with E-state index in [9.17, 15) is 18.0 Å². The zero-order valence-electron chi connectivity index (χ0n) is 20.8. The first-order valence-corrected chi connectivity index (χ1v) is 14.1. The van der Waals surface area contributed by atoms with E-state index in [4.69, 9.17) is 11.6 Å². The lowest BCUT2D eigenvalue weighted by atomic mass is 10.1. The van der Waals surface area contributed by atoms with Crippen molar-refractivity contribution in [2.75, 3.05) is 17.1 Å². The molecule has 7 nitrogen and oxygen atoms in total. The molecule has 2 aromatic carbocycles. The van der Waals surface area contributed by atoms with Crippen LogP contribution in [0.1, 0.15) is 49.3 Å². The van der Waals surface area contributed by atoms with Crippen molar-refractivity contribution in [1.82, 2.24) is 10.2 Å². The number of anilines is 1. The van der Waals surface area contributed by atoms with Gasteiger partial charge in [0.15, 0.2) is 0 Å². The second-order valence-corrected chi connectivity index (χ2v) is 11.6. The maximum Gasteiger partial charge on any atom is 0.244 e. The van der Waals surface area contributed by atoms with Gasteiger partial charge in [-0.3, -0.25) is 13.9 Å². The molecule has 9 heteroatoms. The quantitative estimate of drug-likeness (QED) is 0.538. The molecule has 0 bridgehead atoms. The molecule has 35 heavy (non-hydrogen) atoms. The topological polar surface area (TPSA) is 86.8 Å². The molecule has 3 rings (SSSR count). The summed E-state index contributed by atoms with van der Waals surface area (Å²) in [6.45, 7) is 5.20. The van der Waals surface area contributed by atoms with E-state index >= 15 is 0 Å². The molecule has 1 aliphatic rings. The van der Waals surface area contributed by atoms with Gasteiger partial charge in [-0.15, -0.1) is 0 Å². The summed E-state index contributed by atoms with van der Waals surface area (Å²) in [6.07, 6.45) is 5.07. The molecule has 1 saturated carbocycles. The Labute approximate surface area is 213 Å². The molecule has 0 radical (unpaired) electrons. The van der Waals surface area contributed by atoms with Crippen LogP contribution in [0.5, 0.6) is 0 Å². The van der Waals surface area contributed by atoms with Crippen LogP contribution in [0, 0.1) is 13.8 Å². The first-order valence-electron chi connectivity index (χ1n) is 11.9. The zero-order chi connectivity index (χ0) is 25.8. The summed E-state index contributed by atoms with van der Waals surface area (Å²) in [5.74, 6) is -0.701. The van der Waals surface area contributed by atoms with Gasteiger partial charge >= 0.3 is 0 Å². The van der Waals surface area contributed by atoms with Gasteiger partial charge in [0.25, 0.3) is 0 Å². The summed E-state index contributed by atoms with van der Waals surface area (Å²) in [6, 6.07) is 11.9. The highest BCUT2D eigenvalue weighted by Gasteiger charge is 2.31. The lowest BCUT2D eigenvalue weighted by molar-refractivity contribution is -0.139. The summed E-state index contributed by atoms with van der Waals surface area (Å²) in [7, 11) is -3.80. The predicted octanol–water partition coefficient (Wildman–Crippen LogP) is 4.20. The van der Waals surface area contributed by atoms with Crippen LogP contribution in [0.4, 0.5) is 5.69 Å². The van der Waals surface area contributed by atoms with Crippen molar-refractivity contribution in [3.63, 3.8) is 0 Å². The Kier molecular flexibility index (Phi) is 8.83.